The predicted molar refractivity (Wildman–Crippen MR) is 85.4 cm³/mol. The number of nitrogens with zero attached hydrogens (tertiary/aromatic N) is 1. The summed E-state index contributed by atoms with van der Waals surface area (Å²) < 4.78 is 26.9. The van der Waals surface area contributed by atoms with Crippen LogP contribution in [-0.2, 0) is 6.54 Å². The normalized spacial score (nSPS) is 15.6. The van der Waals surface area contributed by atoms with E-state index in [2.05, 4.69) is 4.90 Å². The number of ketones is 1. The Morgan fingerprint density at radius 3 is 2.43 bits per heavy atom. The zero-order chi connectivity index (χ0) is 16.2. The van der Waals surface area contributed by atoms with Crippen LogP contribution in [0.5, 0.6) is 0 Å². The highest BCUT2D eigenvalue weighted by Crippen LogP contribution is 2.20. The van der Waals surface area contributed by atoms with Gasteiger partial charge in [0.25, 0.3) is 0 Å². The number of carbonyl (C=O) groups excluding carboxylic acids is 1. The molecule has 120 valence electrons. The molecule has 1 saturated heterocycles. The fraction of sp³-hybridized carbons (Fsp3) is 0.316. The minimum absolute atomic E-state index is 0.0857. The molecule has 0 atom stereocenters. The van der Waals surface area contributed by atoms with E-state index in [1.807, 2.05) is 12.1 Å². The van der Waals surface area contributed by atoms with E-state index in [-0.39, 0.29) is 5.56 Å². The molecule has 0 unspecified atom stereocenters. The summed E-state index contributed by atoms with van der Waals surface area (Å²) in [7, 11) is 0. The van der Waals surface area contributed by atoms with Gasteiger partial charge in [-0.25, -0.2) is 8.78 Å². The van der Waals surface area contributed by atoms with E-state index >= 15 is 0 Å². The number of rotatable bonds is 4. The summed E-state index contributed by atoms with van der Waals surface area (Å²) in [6.45, 7) is 2.73. The standard InChI is InChI=1S/C19H19F2NO/c20-15-8-9-17(18(21)12-15)19(23)16-7-3-2-6-14(16)13-22-10-4-1-5-11-22/h2-3,6-9,12H,1,4-5,10-11,13H2. The summed E-state index contributed by atoms with van der Waals surface area (Å²) in [5.41, 5.74) is 1.30. The predicted octanol–water partition coefficient (Wildman–Crippen LogP) is 4.18. The Kier molecular flexibility index (Phi) is 4.82. The average molecular weight is 315 g/mol. The van der Waals surface area contributed by atoms with Crippen molar-refractivity contribution < 1.29 is 13.6 Å². The van der Waals surface area contributed by atoms with Gasteiger partial charge >= 0.3 is 0 Å². The Morgan fingerprint density at radius 2 is 1.70 bits per heavy atom. The first-order chi connectivity index (χ1) is 11.1. The zero-order valence-corrected chi connectivity index (χ0v) is 12.9. The van der Waals surface area contributed by atoms with Crippen LogP contribution in [0.4, 0.5) is 8.78 Å². The number of carbonyl (C=O) groups is 1. The van der Waals surface area contributed by atoms with Crippen LogP contribution in [0.15, 0.2) is 42.5 Å². The van der Waals surface area contributed by atoms with Crippen LogP contribution < -0.4 is 0 Å². The molecule has 0 aromatic heterocycles. The van der Waals surface area contributed by atoms with Crippen molar-refractivity contribution in [1.82, 2.24) is 4.90 Å². The lowest BCUT2D eigenvalue weighted by atomic mass is 9.97. The smallest absolute Gasteiger partial charge is 0.196 e. The van der Waals surface area contributed by atoms with Crippen molar-refractivity contribution in [3.63, 3.8) is 0 Å². The van der Waals surface area contributed by atoms with Gasteiger partial charge < -0.3 is 0 Å². The van der Waals surface area contributed by atoms with E-state index in [4.69, 9.17) is 0 Å². The molecule has 1 aliphatic heterocycles. The maximum atomic E-state index is 13.9. The maximum Gasteiger partial charge on any atom is 0.196 e. The minimum Gasteiger partial charge on any atom is -0.299 e. The Labute approximate surface area is 134 Å². The summed E-state index contributed by atoms with van der Waals surface area (Å²) in [5.74, 6) is -1.89. The molecule has 1 heterocycles. The Balaban J connectivity index is 1.88. The molecule has 0 bridgehead atoms. The SMILES string of the molecule is O=C(c1ccc(F)cc1F)c1ccccc1CN1CCCCC1. The highest BCUT2D eigenvalue weighted by atomic mass is 19.1. The molecule has 0 saturated carbocycles. The van der Waals surface area contributed by atoms with E-state index in [9.17, 15) is 13.6 Å². The number of piperidine rings is 1. The van der Waals surface area contributed by atoms with Crippen LogP contribution in [0.2, 0.25) is 0 Å². The fourth-order valence-electron chi connectivity index (χ4n) is 3.06. The highest BCUT2D eigenvalue weighted by molar-refractivity contribution is 6.10. The van der Waals surface area contributed by atoms with Crippen LogP contribution >= 0.6 is 0 Å². The largest absolute Gasteiger partial charge is 0.299 e. The van der Waals surface area contributed by atoms with Gasteiger partial charge in [-0.3, -0.25) is 9.69 Å². The van der Waals surface area contributed by atoms with Crippen molar-refractivity contribution in [2.75, 3.05) is 13.1 Å². The van der Waals surface area contributed by atoms with Gasteiger partial charge in [0.05, 0.1) is 5.56 Å². The Bertz CT molecular complexity index is 708. The molecule has 23 heavy (non-hydrogen) atoms. The molecular weight excluding hydrogens is 296 g/mol. The fourth-order valence-corrected chi connectivity index (χ4v) is 3.06. The lowest BCUT2D eigenvalue weighted by Gasteiger charge is -2.27. The molecule has 0 N–H and O–H groups in total. The maximum absolute atomic E-state index is 13.9. The van der Waals surface area contributed by atoms with Gasteiger partial charge in [0.2, 0.25) is 0 Å². The van der Waals surface area contributed by atoms with Crippen molar-refractivity contribution in [2.45, 2.75) is 25.8 Å². The van der Waals surface area contributed by atoms with E-state index in [1.54, 1.807) is 12.1 Å². The third-order valence-corrected chi connectivity index (χ3v) is 4.28. The second-order valence-corrected chi connectivity index (χ2v) is 5.95. The number of hydrogen-bond donors (Lipinski definition) is 0. The van der Waals surface area contributed by atoms with Gasteiger partial charge in [0.15, 0.2) is 5.78 Å². The molecular formula is C19H19F2NO. The second kappa shape index (κ2) is 7.01. The molecule has 0 radical (unpaired) electrons. The van der Waals surface area contributed by atoms with Gasteiger partial charge in [-0.1, -0.05) is 30.7 Å². The molecule has 2 aromatic rings. The molecule has 1 aliphatic rings. The van der Waals surface area contributed by atoms with Gasteiger partial charge in [0.1, 0.15) is 11.6 Å². The highest BCUT2D eigenvalue weighted by Gasteiger charge is 2.19. The minimum atomic E-state index is -0.817. The molecule has 1 fully saturated rings. The lowest BCUT2D eigenvalue weighted by Crippen LogP contribution is -2.29. The van der Waals surface area contributed by atoms with Gasteiger partial charge in [-0.15, -0.1) is 0 Å². The number of benzene rings is 2. The van der Waals surface area contributed by atoms with Gasteiger partial charge in [-0.05, 0) is 43.6 Å². The van der Waals surface area contributed by atoms with Crippen LogP contribution in [0, 0.1) is 11.6 Å². The molecule has 0 spiro atoms. The summed E-state index contributed by atoms with van der Waals surface area (Å²) in [6, 6.07) is 10.4. The monoisotopic (exact) mass is 315 g/mol. The molecule has 2 nitrogen and oxygen atoms in total. The Hall–Kier alpha value is -2.07. The third-order valence-electron chi connectivity index (χ3n) is 4.28. The number of hydrogen-bond acceptors (Lipinski definition) is 2. The van der Waals surface area contributed by atoms with E-state index < -0.39 is 17.4 Å². The second-order valence-electron chi connectivity index (χ2n) is 5.95. The molecule has 4 heteroatoms. The van der Waals surface area contributed by atoms with Gasteiger partial charge in [-0.2, -0.15) is 0 Å². The third kappa shape index (κ3) is 3.64. The topological polar surface area (TPSA) is 20.3 Å². The molecule has 3 rings (SSSR count). The first-order valence-corrected chi connectivity index (χ1v) is 7.95. The van der Waals surface area contributed by atoms with E-state index in [0.29, 0.717) is 12.1 Å². The van der Waals surface area contributed by atoms with Crippen molar-refractivity contribution >= 4 is 5.78 Å². The molecule has 2 aromatic carbocycles. The van der Waals surface area contributed by atoms with Crippen LogP contribution in [0.1, 0.15) is 40.7 Å². The first kappa shape index (κ1) is 15.8. The quantitative estimate of drug-likeness (QED) is 0.789. The van der Waals surface area contributed by atoms with Crippen molar-refractivity contribution in [3.8, 4) is 0 Å². The van der Waals surface area contributed by atoms with Crippen molar-refractivity contribution in [3.05, 3.63) is 70.8 Å². The average Bonchev–Trinajstić information content (AvgIpc) is 2.56. The number of halogens is 2. The van der Waals surface area contributed by atoms with Crippen molar-refractivity contribution in [2.24, 2.45) is 0 Å². The summed E-state index contributed by atoms with van der Waals surface area (Å²) in [4.78, 5) is 15.0. The van der Waals surface area contributed by atoms with Crippen LogP contribution in [-0.4, -0.2) is 23.8 Å². The molecule has 0 aliphatic carbocycles. The van der Waals surface area contributed by atoms with Crippen molar-refractivity contribution in [1.29, 1.82) is 0 Å². The van der Waals surface area contributed by atoms with E-state index in [1.165, 1.54) is 25.3 Å². The Morgan fingerprint density at radius 1 is 0.957 bits per heavy atom. The van der Waals surface area contributed by atoms with Gasteiger partial charge in [0, 0.05) is 18.2 Å². The lowest BCUT2D eigenvalue weighted by molar-refractivity contribution is 0.103. The summed E-state index contributed by atoms with van der Waals surface area (Å²) >= 11 is 0. The summed E-state index contributed by atoms with van der Waals surface area (Å²) in [5, 5.41) is 0. The molecule has 0 amide bonds. The first-order valence-electron chi connectivity index (χ1n) is 7.95. The zero-order valence-electron chi connectivity index (χ0n) is 12.9. The van der Waals surface area contributed by atoms with Crippen LogP contribution in [0.3, 0.4) is 0 Å². The van der Waals surface area contributed by atoms with Crippen LogP contribution in [0.25, 0.3) is 0 Å². The number of likely N-dealkylation sites (tertiary alicyclic amines) is 1. The summed E-state index contributed by atoms with van der Waals surface area (Å²) in [6.07, 6.45) is 3.59. The van der Waals surface area contributed by atoms with E-state index in [0.717, 1.165) is 30.8 Å².